The SMILES string of the molecule is CC(=O)N1CCN(C(=O)C(C)Oc2cccc(-c3nc(C)cs3)c2)CC1. The maximum atomic E-state index is 12.6. The van der Waals surface area contributed by atoms with Gasteiger partial charge in [0.15, 0.2) is 6.10 Å². The molecule has 0 bridgehead atoms. The molecule has 1 unspecified atom stereocenters. The van der Waals surface area contributed by atoms with E-state index in [4.69, 9.17) is 4.74 Å². The third-order valence-electron chi connectivity index (χ3n) is 4.40. The van der Waals surface area contributed by atoms with Crippen LogP contribution in [-0.4, -0.2) is 58.9 Å². The maximum Gasteiger partial charge on any atom is 0.263 e. The van der Waals surface area contributed by atoms with Crippen LogP contribution in [0.3, 0.4) is 0 Å². The number of thiazole rings is 1. The molecule has 3 rings (SSSR count). The molecule has 7 heteroatoms. The molecule has 1 aromatic carbocycles. The van der Waals surface area contributed by atoms with Gasteiger partial charge >= 0.3 is 0 Å². The third-order valence-corrected chi connectivity index (χ3v) is 5.41. The second-order valence-electron chi connectivity index (χ2n) is 6.41. The Hall–Kier alpha value is -2.41. The predicted molar refractivity (Wildman–Crippen MR) is 101 cm³/mol. The highest BCUT2D eigenvalue weighted by Gasteiger charge is 2.26. The van der Waals surface area contributed by atoms with E-state index in [0.29, 0.717) is 31.9 Å². The summed E-state index contributed by atoms with van der Waals surface area (Å²) in [6, 6.07) is 7.65. The summed E-state index contributed by atoms with van der Waals surface area (Å²) >= 11 is 1.59. The van der Waals surface area contributed by atoms with Crippen molar-refractivity contribution in [2.45, 2.75) is 26.9 Å². The lowest BCUT2D eigenvalue weighted by atomic mass is 10.2. The van der Waals surface area contributed by atoms with Crippen LogP contribution in [0.4, 0.5) is 0 Å². The van der Waals surface area contributed by atoms with E-state index in [-0.39, 0.29) is 11.8 Å². The number of aryl methyl sites for hydroxylation is 1. The molecule has 0 N–H and O–H groups in total. The van der Waals surface area contributed by atoms with Gasteiger partial charge in [0.1, 0.15) is 10.8 Å². The number of piperazine rings is 1. The predicted octanol–water partition coefficient (Wildman–Crippen LogP) is 2.58. The Bertz CT molecular complexity index is 797. The molecule has 0 saturated carbocycles. The smallest absolute Gasteiger partial charge is 0.263 e. The van der Waals surface area contributed by atoms with Crippen LogP contribution < -0.4 is 4.74 Å². The van der Waals surface area contributed by atoms with Crippen molar-refractivity contribution in [3.05, 3.63) is 35.3 Å². The molecule has 1 atom stereocenters. The zero-order chi connectivity index (χ0) is 18.7. The van der Waals surface area contributed by atoms with Crippen LogP contribution in [-0.2, 0) is 9.59 Å². The van der Waals surface area contributed by atoms with Crippen molar-refractivity contribution in [2.75, 3.05) is 26.2 Å². The minimum Gasteiger partial charge on any atom is -0.481 e. The minimum absolute atomic E-state index is 0.0515. The highest BCUT2D eigenvalue weighted by atomic mass is 32.1. The first-order valence-corrected chi connectivity index (χ1v) is 9.55. The number of hydrogen-bond acceptors (Lipinski definition) is 5. The molecule has 1 saturated heterocycles. The molecule has 0 aliphatic carbocycles. The fourth-order valence-corrected chi connectivity index (χ4v) is 3.74. The van der Waals surface area contributed by atoms with Gasteiger partial charge in [0.2, 0.25) is 5.91 Å². The van der Waals surface area contributed by atoms with Gasteiger partial charge in [0, 0.05) is 49.7 Å². The first-order chi connectivity index (χ1) is 12.4. The average Bonchev–Trinajstić information content (AvgIpc) is 3.08. The number of amides is 2. The Kier molecular flexibility index (Phi) is 5.56. The van der Waals surface area contributed by atoms with Crippen LogP contribution in [0, 0.1) is 6.92 Å². The zero-order valence-electron chi connectivity index (χ0n) is 15.3. The second-order valence-corrected chi connectivity index (χ2v) is 7.27. The largest absolute Gasteiger partial charge is 0.481 e. The van der Waals surface area contributed by atoms with Crippen LogP contribution in [0.15, 0.2) is 29.6 Å². The molecular formula is C19H23N3O3S. The van der Waals surface area contributed by atoms with Crippen LogP contribution in [0.2, 0.25) is 0 Å². The van der Waals surface area contributed by atoms with Gasteiger partial charge in [-0.15, -0.1) is 11.3 Å². The molecule has 1 fully saturated rings. The summed E-state index contributed by atoms with van der Waals surface area (Å²) < 4.78 is 5.88. The second kappa shape index (κ2) is 7.86. The maximum absolute atomic E-state index is 12.6. The van der Waals surface area contributed by atoms with E-state index in [1.807, 2.05) is 36.6 Å². The van der Waals surface area contributed by atoms with Crippen molar-refractivity contribution in [3.8, 4) is 16.3 Å². The van der Waals surface area contributed by atoms with E-state index in [2.05, 4.69) is 4.98 Å². The van der Waals surface area contributed by atoms with E-state index in [1.165, 1.54) is 0 Å². The monoisotopic (exact) mass is 373 g/mol. The number of aromatic nitrogens is 1. The normalized spacial score (nSPS) is 15.7. The lowest BCUT2D eigenvalue weighted by Crippen LogP contribution is -2.52. The molecule has 0 spiro atoms. The van der Waals surface area contributed by atoms with E-state index in [0.717, 1.165) is 16.3 Å². The summed E-state index contributed by atoms with van der Waals surface area (Å²) in [6.07, 6.45) is -0.577. The number of carbonyl (C=O) groups excluding carboxylic acids is 2. The summed E-state index contributed by atoms with van der Waals surface area (Å²) in [7, 11) is 0. The molecule has 1 aliphatic rings. The molecule has 26 heavy (non-hydrogen) atoms. The first kappa shape index (κ1) is 18.4. The molecular weight excluding hydrogens is 350 g/mol. The quantitative estimate of drug-likeness (QED) is 0.826. The lowest BCUT2D eigenvalue weighted by molar-refractivity contribution is -0.143. The van der Waals surface area contributed by atoms with Crippen LogP contribution in [0.5, 0.6) is 5.75 Å². The molecule has 2 aromatic rings. The topological polar surface area (TPSA) is 62.7 Å². The molecule has 138 valence electrons. The van der Waals surface area contributed by atoms with Crippen molar-refractivity contribution in [3.63, 3.8) is 0 Å². The zero-order valence-corrected chi connectivity index (χ0v) is 16.1. The Morgan fingerprint density at radius 3 is 2.50 bits per heavy atom. The van der Waals surface area contributed by atoms with Crippen LogP contribution in [0.1, 0.15) is 19.5 Å². The van der Waals surface area contributed by atoms with Crippen molar-refractivity contribution in [2.24, 2.45) is 0 Å². The number of rotatable bonds is 4. The molecule has 2 heterocycles. The van der Waals surface area contributed by atoms with E-state index in [9.17, 15) is 9.59 Å². The van der Waals surface area contributed by atoms with Gasteiger partial charge in [-0.25, -0.2) is 4.98 Å². The Balaban J connectivity index is 1.62. The van der Waals surface area contributed by atoms with Gasteiger partial charge in [-0.3, -0.25) is 9.59 Å². The molecule has 6 nitrogen and oxygen atoms in total. The fraction of sp³-hybridized carbons (Fsp3) is 0.421. The van der Waals surface area contributed by atoms with Crippen molar-refractivity contribution < 1.29 is 14.3 Å². The van der Waals surface area contributed by atoms with Crippen LogP contribution >= 0.6 is 11.3 Å². The average molecular weight is 373 g/mol. The lowest BCUT2D eigenvalue weighted by Gasteiger charge is -2.35. The molecule has 2 amide bonds. The number of carbonyl (C=O) groups is 2. The van der Waals surface area contributed by atoms with E-state index < -0.39 is 6.10 Å². The van der Waals surface area contributed by atoms with E-state index in [1.54, 1.807) is 35.0 Å². The first-order valence-electron chi connectivity index (χ1n) is 8.67. The number of benzene rings is 1. The summed E-state index contributed by atoms with van der Waals surface area (Å²) in [4.78, 5) is 32.0. The Morgan fingerprint density at radius 1 is 1.19 bits per heavy atom. The highest BCUT2D eigenvalue weighted by Crippen LogP contribution is 2.27. The van der Waals surface area contributed by atoms with Gasteiger partial charge in [-0.05, 0) is 26.0 Å². The molecule has 0 radical (unpaired) electrons. The minimum atomic E-state index is -0.577. The molecule has 1 aromatic heterocycles. The fourth-order valence-electron chi connectivity index (χ4n) is 2.94. The highest BCUT2D eigenvalue weighted by molar-refractivity contribution is 7.13. The number of nitrogens with zero attached hydrogens (tertiary/aromatic N) is 3. The molecule has 1 aliphatic heterocycles. The van der Waals surface area contributed by atoms with Crippen LogP contribution in [0.25, 0.3) is 10.6 Å². The van der Waals surface area contributed by atoms with Crippen molar-refractivity contribution in [1.82, 2.24) is 14.8 Å². The summed E-state index contributed by atoms with van der Waals surface area (Å²) in [6.45, 7) is 7.53. The van der Waals surface area contributed by atoms with Gasteiger partial charge in [-0.2, -0.15) is 0 Å². The van der Waals surface area contributed by atoms with Gasteiger partial charge in [-0.1, -0.05) is 12.1 Å². The van der Waals surface area contributed by atoms with Crippen molar-refractivity contribution in [1.29, 1.82) is 0 Å². The number of ether oxygens (including phenoxy) is 1. The van der Waals surface area contributed by atoms with Gasteiger partial charge in [0.05, 0.1) is 0 Å². The van der Waals surface area contributed by atoms with Gasteiger partial charge in [0.25, 0.3) is 5.91 Å². The van der Waals surface area contributed by atoms with E-state index >= 15 is 0 Å². The third kappa shape index (κ3) is 4.22. The number of hydrogen-bond donors (Lipinski definition) is 0. The Morgan fingerprint density at radius 2 is 1.88 bits per heavy atom. The summed E-state index contributed by atoms with van der Waals surface area (Å²) in [5, 5.41) is 2.95. The summed E-state index contributed by atoms with van der Waals surface area (Å²) in [5.41, 5.74) is 1.97. The van der Waals surface area contributed by atoms with Gasteiger partial charge < -0.3 is 14.5 Å². The standard InChI is InChI=1S/C19H23N3O3S/c1-13-12-26-18(20-13)16-5-4-6-17(11-16)25-14(2)19(24)22-9-7-21(8-10-22)15(3)23/h4-6,11-12,14H,7-10H2,1-3H3. The Labute approximate surface area is 157 Å². The summed E-state index contributed by atoms with van der Waals surface area (Å²) in [5.74, 6) is 0.651. The van der Waals surface area contributed by atoms with Crippen molar-refractivity contribution >= 4 is 23.2 Å².